The Morgan fingerprint density at radius 3 is 2.67 bits per heavy atom. The van der Waals surface area contributed by atoms with E-state index in [1.165, 1.54) is 0 Å². The summed E-state index contributed by atoms with van der Waals surface area (Å²) in [6.07, 6.45) is 0.839. The van der Waals surface area contributed by atoms with E-state index >= 15 is 0 Å². The van der Waals surface area contributed by atoms with Crippen LogP contribution in [0, 0.1) is 6.92 Å². The van der Waals surface area contributed by atoms with Gasteiger partial charge in [0, 0.05) is 17.1 Å². The molecule has 1 aliphatic rings. The second-order valence-electron chi connectivity index (χ2n) is 4.28. The van der Waals surface area contributed by atoms with Crippen LogP contribution in [0.1, 0.15) is 12.0 Å². The topological polar surface area (TPSA) is 58.2 Å². The van der Waals surface area contributed by atoms with Crippen molar-refractivity contribution < 1.29 is 8.42 Å². The number of halogens is 2. The zero-order valence-corrected chi connectivity index (χ0v) is 13.2. The zero-order valence-electron chi connectivity index (χ0n) is 9.94. The van der Waals surface area contributed by atoms with Crippen molar-refractivity contribution in [2.75, 3.05) is 13.1 Å². The van der Waals surface area contributed by atoms with Gasteiger partial charge in [-0.2, -0.15) is 0 Å². The highest BCUT2D eigenvalue weighted by Gasteiger charge is 2.22. The van der Waals surface area contributed by atoms with Gasteiger partial charge in [-0.15, -0.1) is 12.4 Å². The van der Waals surface area contributed by atoms with E-state index in [0.29, 0.717) is 11.4 Å². The van der Waals surface area contributed by atoms with Crippen molar-refractivity contribution in [1.29, 1.82) is 0 Å². The fourth-order valence-corrected chi connectivity index (χ4v) is 4.06. The average Bonchev–Trinajstić information content (AvgIpc) is 2.68. The lowest BCUT2D eigenvalue weighted by Crippen LogP contribution is -2.36. The minimum Gasteiger partial charge on any atom is -0.315 e. The molecule has 2 rings (SSSR count). The van der Waals surface area contributed by atoms with Gasteiger partial charge < -0.3 is 5.32 Å². The van der Waals surface area contributed by atoms with Crippen molar-refractivity contribution in [3.05, 3.63) is 28.2 Å². The Balaban J connectivity index is 0.00000162. The van der Waals surface area contributed by atoms with Crippen LogP contribution in [0.15, 0.2) is 27.6 Å². The van der Waals surface area contributed by atoms with Gasteiger partial charge in [-0.1, -0.05) is 15.9 Å². The Labute approximate surface area is 122 Å². The van der Waals surface area contributed by atoms with Crippen molar-refractivity contribution in [2.24, 2.45) is 0 Å². The van der Waals surface area contributed by atoms with Crippen molar-refractivity contribution in [3.63, 3.8) is 0 Å². The molecule has 0 spiro atoms. The molecule has 0 radical (unpaired) electrons. The maximum atomic E-state index is 12.1. The van der Waals surface area contributed by atoms with Crippen molar-refractivity contribution in [2.45, 2.75) is 24.3 Å². The molecule has 0 saturated carbocycles. The summed E-state index contributed by atoms with van der Waals surface area (Å²) in [7, 11) is -3.41. The number of benzene rings is 1. The molecule has 102 valence electrons. The Kier molecular flexibility index (Phi) is 5.61. The number of hydrogen-bond acceptors (Lipinski definition) is 3. The summed E-state index contributed by atoms with van der Waals surface area (Å²) < 4.78 is 27.8. The molecule has 0 aliphatic carbocycles. The van der Waals surface area contributed by atoms with Crippen LogP contribution in [-0.4, -0.2) is 27.5 Å². The van der Waals surface area contributed by atoms with E-state index in [9.17, 15) is 8.42 Å². The van der Waals surface area contributed by atoms with Gasteiger partial charge in [0.15, 0.2) is 0 Å². The molecule has 1 aliphatic heterocycles. The normalized spacial score (nSPS) is 19.6. The maximum Gasteiger partial charge on any atom is 0.240 e. The van der Waals surface area contributed by atoms with Crippen molar-refractivity contribution in [1.82, 2.24) is 10.0 Å². The smallest absolute Gasteiger partial charge is 0.240 e. The molecule has 0 bridgehead atoms. The molecule has 0 amide bonds. The molecule has 4 nitrogen and oxygen atoms in total. The molecule has 1 unspecified atom stereocenters. The third kappa shape index (κ3) is 3.93. The lowest BCUT2D eigenvalue weighted by molar-refractivity contribution is 0.560. The highest BCUT2D eigenvalue weighted by Crippen LogP contribution is 2.19. The summed E-state index contributed by atoms with van der Waals surface area (Å²) in [5.74, 6) is 0. The van der Waals surface area contributed by atoms with Crippen LogP contribution in [0.3, 0.4) is 0 Å². The second kappa shape index (κ2) is 6.34. The fraction of sp³-hybridized carbons (Fsp3) is 0.455. The summed E-state index contributed by atoms with van der Waals surface area (Å²) in [5, 5.41) is 3.13. The third-order valence-electron chi connectivity index (χ3n) is 2.71. The number of aryl methyl sites for hydroxylation is 1. The Morgan fingerprint density at radius 2 is 2.11 bits per heavy atom. The first kappa shape index (κ1) is 15.9. The summed E-state index contributed by atoms with van der Waals surface area (Å²) in [4.78, 5) is 0.316. The van der Waals surface area contributed by atoms with E-state index in [0.717, 1.165) is 23.0 Å². The lowest BCUT2D eigenvalue weighted by atomic mass is 10.2. The van der Waals surface area contributed by atoms with Gasteiger partial charge in [-0.3, -0.25) is 0 Å². The van der Waals surface area contributed by atoms with Gasteiger partial charge in [0.1, 0.15) is 0 Å². The molecule has 7 heteroatoms. The van der Waals surface area contributed by atoms with Crippen molar-refractivity contribution >= 4 is 38.4 Å². The number of rotatable bonds is 3. The highest BCUT2D eigenvalue weighted by atomic mass is 79.9. The average molecular weight is 356 g/mol. The fourth-order valence-electron chi connectivity index (χ4n) is 1.90. The molecule has 1 aromatic rings. The van der Waals surface area contributed by atoms with Gasteiger partial charge in [-0.25, -0.2) is 13.1 Å². The molecule has 1 heterocycles. The predicted octanol–water partition coefficient (Wildman–Crippen LogP) is 1.82. The van der Waals surface area contributed by atoms with Crippen LogP contribution in [-0.2, 0) is 10.0 Å². The monoisotopic (exact) mass is 354 g/mol. The second-order valence-corrected chi connectivity index (χ2v) is 6.90. The first-order valence-corrected chi connectivity index (χ1v) is 7.75. The SMILES string of the molecule is Cc1cc(Br)cc(S(=O)(=O)NC2CCNC2)c1.Cl. The van der Waals surface area contributed by atoms with Crippen LogP contribution < -0.4 is 10.0 Å². The van der Waals surface area contributed by atoms with Crippen molar-refractivity contribution in [3.8, 4) is 0 Å². The summed E-state index contributed by atoms with van der Waals surface area (Å²) >= 11 is 3.31. The molecule has 18 heavy (non-hydrogen) atoms. The Morgan fingerprint density at radius 1 is 1.39 bits per heavy atom. The lowest BCUT2D eigenvalue weighted by Gasteiger charge is -2.12. The van der Waals surface area contributed by atoms with Crippen LogP contribution in [0.2, 0.25) is 0 Å². The molecular weight excluding hydrogens is 340 g/mol. The van der Waals surface area contributed by atoms with Gasteiger partial charge in [0.2, 0.25) is 10.0 Å². The Bertz CT molecular complexity index is 496. The standard InChI is InChI=1S/C11H15BrN2O2S.ClH/c1-8-4-9(12)6-11(5-8)17(15,16)14-10-2-3-13-7-10;/h4-6,10,13-14H,2-3,7H2,1H3;1H. The molecule has 1 aromatic carbocycles. The maximum absolute atomic E-state index is 12.1. The van der Waals surface area contributed by atoms with Gasteiger partial charge in [-0.05, 0) is 43.7 Å². The zero-order chi connectivity index (χ0) is 12.5. The van der Waals surface area contributed by atoms with E-state index in [1.807, 2.05) is 13.0 Å². The van der Waals surface area contributed by atoms with E-state index < -0.39 is 10.0 Å². The van der Waals surface area contributed by atoms with Crippen LogP contribution in [0.5, 0.6) is 0 Å². The van der Waals surface area contributed by atoms with E-state index in [1.54, 1.807) is 12.1 Å². The number of sulfonamides is 1. The molecule has 2 N–H and O–H groups in total. The van der Waals surface area contributed by atoms with Gasteiger partial charge in [0.25, 0.3) is 0 Å². The minimum atomic E-state index is -3.41. The van der Waals surface area contributed by atoms with E-state index in [2.05, 4.69) is 26.0 Å². The van der Waals surface area contributed by atoms with Crippen LogP contribution in [0.25, 0.3) is 0 Å². The first-order valence-electron chi connectivity index (χ1n) is 5.47. The van der Waals surface area contributed by atoms with Crippen LogP contribution in [0.4, 0.5) is 0 Å². The summed E-state index contributed by atoms with van der Waals surface area (Å²) in [6, 6.07) is 5.18. The molecule has 1 fully saturated rings. The van der Waals surface area contributed by atoms with Crippen LogP contribution >= 0.6 is 28.3 Å². The third-order valence-corrected chi connectivity index (χ3v) is 4.67. The molecular formula is C11H16BrClN2O2S. The predicted molar refractivity (Wildman–Crippen MR) is 77.7 cm³/mol. The van der Waals surface area contributed by atoms with E-state index in [4.69, 9.17) is 0 Å². The highest BCUT2D eigenvalue weighted by molar-refractivity contribution is 9.10. The quantitative estimate of drug-likeness (QED) is 0.869. The summed E-state index contributed by atoms with van der Waals surface area (Å²) in [6.45, 7) is 3.44. The molecule has 1 saturated heterocycles. The molecule has 0 aromatic heterocycles. The number of hydrogen-bond donors (Lipinski definition) is 2. The van der Waals surface area contributed by atoms with Gasteiger partial charge >= 0.3 is 0 Å². The number of nitrogens with one attached hydrogen (secondary N) is 2. The first-order chi connectivity index (χ1) is 7.97. The Hall–Kier alpha value is -0.140. The molecule has 1 atom stereocenters. The summed E-state index contributed by atoms with van der Waals surface area (Å²) in [5.41, 5.74) is 0.921. The van der Waals surface area contributed by atoms with E-state index in [-0.39, 0.29) is 18.4 Å². The van der Waals surface area contributed by atoms with Gasteiger partial charge in [0.05, 0.1) is 4.90 Å². The largest absolute Gasteiger partial charge is 0.315 e. The minimum absolute atomic E-state index is 0.